The number of nitrogens with zero attached hydrogens (tertiary/aromatic N) is 1. The van der Waals surface area contributed by atoms with Crippen molar-refractivity contribution in [3.8, 4) is 28.7 Å². The lowest BCUT2D eigenvalue weighted by atomic mass is 10.2. The number of fused-ring (bicyclic) bond motifs is 1. The molecule has 1 fully saturated rings. The van der Waals surface area contributed by atoms with Crippen molar-refractivity contribution in [2.45, 2.75) is 19.4 Å². The van der Waals surface area contributed by atoms with E-state index in [1.165, 1.54) is 12.8 Å². The third-order valence-electron chi connectivity index (χ3n) is 4.96. The van der Waals surface area contributed by atoms with Gasteiger partial charge in [-0.2, -0.15) is 0 Å². The number of benzene rings is 3. The lowest BCUT2D eigenvalue weighted by Gasteiger charge is -2.09. The van der Waals surface area contributed by atoms with Crippen LogP contribution in [0.2, 0.25) is 0 Å². The zero-order chi connectivity index (χ0) is 19.6. The third kappa shape index (κ3) is 4.10. The van der Waals surface area contributed by atoms with E-state index >= 15 is 0 Å². The van der Waals surface area contributed by atoms with Crippen LogP contribution in [0.25, 0.3) is 22.6 Å². The Morgan fingerprint density at radius 2 is 1.76 bits per heavy atom. The summed E-state index contributed by atoms with van der Waals surface area (Å²) in [4.78, 5) is 4.52. The Balaban J connectivity index is 1.30. The molecule has 1 aliphatic rings. The molecule has 0 aliphatic heterocycles. The molecule has 1 aliphatic carbocycles. The van der Waals surface area contributed by atoms with Crippen LogP contribution in [0.1, 0.15) is 18.4 Å². The second-order valence-corrected chi connectivity index (χ2v) is 7.33. The predicted molar refractivity (Wildman–Crippen MR) is 110 cm³/mol. The zero-order valence-corrected chi connectivity index (χ0v) is 15.9. The summed E-state index contributed by atoms with van der Waals surface area (Å²) in [6.45, 7) is 0.757. The monoisotopic (exact) mass is 387 g/mol. The minimum atomic E-state index is -0.0230. The van der Waals surface area contributed by atoms with Gasteiger partial charge in [-0.1, -0.05) is 12.1 Å². The molecular weight excluding hydrogens is 366 g/mol. The lowest BCUT2D eigenvalue weighted by Crippen LogP contribution is -1.98. The van der Waals surface area contributed by atoms with Gasteiger partial charge in [-0.25, -0.2) is 4.98 Å². The molecule has 1 heterocycles. The maximum absolute atomic E-state index is 9.26. The normalized spacial score (nSPS) is 13.6. The highest BCUT2D eigenvalue weighted by Crippen LogP contribution is 2.32. The van der Waals surface area contributed by atoms with Crippen molar-refractivity contribution >= 4 is 11.1 Å². The number of ether oxygens (including phenoxy) is 2. The van der Waals surface area contributed by atoms with Crippen molar-refractivity contribution in [2.75, 3.05) is 6.61 Å². The summed E-state index contributed by atoms with van der Waals surface area (Å²) in [5.74, 6) is 3.56. The number of aromatic nitrogens is 1. The smallest absolute Gasteiger partial charge is 0.227 e. The van der Waals surface area contributed by atoms with Crippen molar-refractivity contribution in [3.63, 3.8) is 0 Å². The van der Waals surface area contributed by atoms with Crippen LogP contribution in [-0.4, -0.2) is 16.7 Å². The Morgan fingerprint density at radius 1 is 0.931 bits per heavy atom. The molecule has 0 unspecified atom stereocenters. The Labute approximate surface area is 168 Å². The van der Waals surface area contributed by atoms with E-state index in [4.69, 9.17) is 13.9 Å². The molecule has 0 bridgehead atoms. The van der Waals surface area contributed by atoms with Gasteiger partial charge in [0.15, 0.2) is 5.58 Å². The van der Waals surface area contributed by atoms with Crippen LogP contribution in [0.5, 0.6) is 17.2 Å². The molecule has 1 N–H and O–H groups in total. The molecule has 3 aromatic carbocycles. The quantitative estimate of drug-likeness (QED) is 0.449. The fourth-order valence-electron chi connectivity index (χ4n) is 3.12. The van der Waals surface area contributed by atoms with Crippen molar-refractivity contribution < 1.29 is 19.0 Å². The molecule has 0 spiro atoms. The maximum Gasteiger partial charge on any atom is 0.227 e. The minimum absolute atomic E-state index is 0.0230. The van der Waals surface area contributed by atoms with Gasteiger partial charge < -0.3 is 19.0 Å². The molecule has 5 nitrogen and oxygen atoms in total. The van der Waals surface area contributed by atoms with Crippen LogP contribution in [0, 0.1) is 5.92 Å². The van der Waals surface area contributed by atoms with Gasteiger partial charge in [0.25, 0.3) is 0 Å². The number of oxazole rings is 1. The SMILES string of the molecule is OCc1ccc2nc(-c3ccc(Oc4cccc(OCC5CC5)c4)cc3)oc2c1. The number of rotatable bonds is 7. The van der Waals surface area contributed by atoms with Crippen molar-refractivity contribution in [1.29, 1.82) is 0 Å². The van der Waals surface area contributed by atoms with Crippen molar-refractivity contribution in [3.05, 3.63) is 72.3 Å². The van der Waals surface area contributed by atoms with E-state index in [9.17, 15) is 5.11 Å². The van der Waals surface area contributed by atoms with E-state index < -0.39 is 0 Å². The Bertz CT molecular complexity index is 1130. The second-order valence-electron chi connectivity index (χ2n) is 7.33. The Morgan fingerprint density at radius 3 is 2.55 bits per heavy atom. The highest BCUT2D eigenvalue weighted by molar-refractivity contribution is 5.77. The molecule has 146 valence electrons. The first kappa shape index (κ1) is 17.8. The van der Waals surface area contributed by atoms with Crippen LogP contribution in [0.4, 0.5) is 0 Å². The first-order valence-corrected chi connectivity index (χ1v) is 9.78. The lowest BCUT2D eigenvalue weighted by molar-refractivity contribution is 0.282. The average Bonchev–Trinajstić information content (AvgIpc) is 3.49. The van der Waals surface area contributed by atoms with E-state index in [0.29, 0.717) is 17.4 Å². The maximum atomic E-state index is 9.26. The summed E-state index contributed by atoms with van der Waals surface area (Å²) in [7, 11) is 0. The van der Waals surface area contributed by atoms with Gasteiger partial charge in [-0.15, -0.1) is 0 Å². The molecule has 0 radical (unpaired) electrons. The van der Waals surface area contributed by atoms with E-state index in [0.717, 1.165) is 40.5 Å². The van der Waals surface area contributed by atoms with Crippen LogP contribution in [0.15, 0.2) is 71.1 Å². The first-order chi connectivity index (χ1) is 14.3. The summed E-state index contributed by atoms with van der Waals surface area (Å²) in [6, 6.07) is 20.8. The van der Waals surface area contributed by atoms with Crippen LogP contribution >= 0.6 is 0 Å². The summed E-state index contributed by atoms with van der Waals surface area (Å²) in [5, 5.41) is 9.26. The van der Waals surface area contributed by atoms with E-state index in [1.54, 1.807) is 0 Å². The standard InChI is InChI=1S/C24H21NO4/c26-14-17-6-11-22-23(12-17)29-24(25-22)18-7-9-19(10-8-18)28-21-3-1-2-20(13-21)27-15-16-4-5-16/h1-3,6-13,16,26H,4-5,14-15H2. The van der Waals surface area contributed by atoms with E-state index in [2.05, 4.69) is 4.98 Å². The summed E-state index contributed by atoms with van der Waals surface area (Å²) in [5.41, 5.74) is 3.09. The summed E-state index contributed by atoms with van der Waals surface area (Å²) in [6.07, 6.45) is 2.54. The van der Waals surface area contributed by atoms with Gasteiger partial charge in [0.1, 0.15) is 22.8 Å². The van der Waals surface area contributed by atoms with Gasteiger partial charge in [-0.05, 0) is 72.9 Å². The molecular formula is C24H21NO4. The van der Waals surface area contributed by atoms with Gasteiger partial charge in [0.2, 0.25) is 5.89 Å². The number of aliphatic hydroxyl groups is 1. The summed E-state index contributed by atoms with van der Waals surface area (Å²) < 4.78 is 17.6. The molecule has 1 saturated carbocycles. The Hall–Kier alpha value is -3.31. The fourth-order valence-corrected chi connectivity index (χ4v) is 3.12. The van der Waals surface area contributed by atoms with Gasteiger partial charge in [0.05, 0.1) is 13.2 Å². The van der Waals surface area contributed by atoms with Crippen LogP contribution < -0.4 is 9.47 Å². The van der Waals surface area contributed by atoms with Gasteiger partial charge in [0, 0.05) is 11.6 Å². The fraction of sp³-hybridized carbons (Fsp3) is 0.208. The predicted octanol–water partition coefficient (Wildman–Crippen LogP) is 5.57. The molecule has 5 heteroatoms. The molecule has 4 aromatic rings. The van der Waals surface area contributed by atoms with Crippen LogP contribution in [-0.2, 0) is 6.61 Å². The molecule has 1 aromatic heterocycles. The van der Waals surface area contributed by atoms with Crippen molar-refractivity contribution in [1.82, 2.24) is 4.98 Å². The highest BCUT2D eigenvalue weighted by Gasteiger charge is 2.21. The molecule has 0 atom stereocenters. The van der Waals surface area contributed by atoms with E-state index in [-0.39, 0.29) is 6.61 Å². The highest BCUT2D eigenvalue weighted by atomic mass is 16.5. The summed E-state index contributed by atoms with van der Waals surface area (Å²) >= 11 is 0. The topological polar surface area (TPSA) is 64.7 Å². The minimum Gasteiger partial charge on any atom is -0.493 e. The third-order valence-corrected chi connectivity index (χ3v) is 4.96. The van der Waals surface area contributed by atoms with Crippen molar-refractivity contribution in [2.24, 2.45) is 5.92 Å². The first-order valence-electron chi connectivity index (χ1n) is 9.78. The second kappa shape index (κ2) is 7.60. The largest absolute Gasteiger partial charge is 0.493 e. The van der Waals surface area contributed by atoms with Crippen LogP contribution in [0.3, 0.4) is 0 Å². The Kier molecular flexibility index (Phi) is 4.66. The number of aliphatic hydroxyl groups excluding tert-OH is 1. The number of hydrogen-bond donors (Lipinski definition) is 1. The van der Waals surface area contributed by atoms with Gasteiger partial charge >= 0.3 is 0 Å². The molecule has 5 rings (SSSR count). The van der Waals surface area contributed by atoms with Gasteiger partial charge in [-0.3, -0.25) is 0 Å². The van der Waals surface area contributed by atoms with E-state index in [1.807, 2.05) is 66.7 Å². The molecule has 0 amide bonds. The molecule has 0 saturated heterocycles. The average molecular weight is 387 g/mol. The molecule has 29 heavy (non-hydrogen) atoms. The zero-order valence-electron chi connectivity index (χ0n) is 15.9. The number of hydrogen-bond acceptors (Lipinski definition) is 5.